The highest BCUT2D eigenvalue weighted by atomic mass is 35.5. The van der Waals surface area contributed by atoms with Crippen LogP contribution in [0.25, 0.3) is 0 Å². The Labute approximate surface area is 185 Å². The number of carboxylic acids is 2. The molecule has 1 aromatic carbocycles. The van der Waals surface area contributed by atoms with Crippen molar-refractivity contribution < 1.29 is 42.2 Å². The van der Waals surface area contributed by atoms with E-state index in [4.69, 9.17) is 35.8 Å². The smallest absolute Gasteiger partial charge is 0.418 e. The zero-order valence-electron chi connectivity index (χ0n) is 16.9. The normalized spacial score (nSPS) is 12.0. The number of alkyl halides is 3. The maximum absolute atomic E-state index is 13.0. The fraction of sp³-hybridized carbons (Fsp3) is 0.316. The summed E-state index contributed by atoms with van der Waals surface area (Å²) in [6.07, 6.45) is -3.06. The number of anilines is 1. The molecular formula is C19H21ClF3N3O6. The first-order valence-electron chi connectivity index (χ1n) is 8.86. The molecule has 0 saturated heterocycles. The van der Waals surface area contributed by atoms with E-state index < -0.39 is 29.6 Å². The number of aliphatic carboxylic acids is 2. The van der Waals surface area contributed by atoms with Crippen LogP contribution in [0.1, 0.15) is 17.4 Å². The van der Waals surface area contributed by atoms with Crippen LogP contribution in [-0.2, 0) is 20.6 Å². The van der Waals surface area contributed by atoms with Gasteiger partial charge in [-0.1, -0.05) is 11.6 Å². The minimum atomic E-state index is -4.61. The lowest BCUT2D eigenvalue weighted by Crippen LogP contribution is -2.35. The van der Waals surface area contributed by atoms with Crippen LogP contribution in [0.3, 0.4) is 0 Å². The topological polar surface area (TPSA) is 132 Å². The SMILES string of the molecule is CN(C)C(CNCC(=O)Nc1ccc(Cl)cc1C(F)(F)F)c1ccco1.O=C(O)C(=O)O. The molecule has 0 fully saturated rings. The third-order valence-electron chi connectivity index (χ3n) is 3.86. The molecular weight excluding hydrogens is 459 g/mol. The number of carbonyl (C=O) groups excluding carboxylic acids is 1. The van der Waals surface area contributed by atoms with E-state index in [1.54, 1.807) is 12.3 Å². The summed E-state index contributed by atoms with van der Waals surface area (Å²) < 4.78 is 44.5. The molecule has 9 nitrogen and oxygen atoms in total. The lowest BCUT2D eigenvalue weighted by Gasteiger charge is -2.22. The molecule has 0 aliphatic carbocycles. The van der Waals surface area contributed by atoms with Crippen molar-refractivity contribution >= 4 is 35.1 Å². The van der Waals surface area contributed by atoms with Crippen molar-refractivity contribution in [3.05, 3.63) is 52.9 Å². The van der Waals surface area contributed by atoms with Crippen LogP contribution >= 0.6 is 11.6 Å². The van der Waals surface area contributed by atoms with Crippen molar-refractivity contribution in [1.82, 2.24) is 10.2 Å². The predicted molar refractivity (Wildman–Crippen MR) is 108 cm³/mol. The number of amides is 1. The van der Waals surface area contributed by atoms with Crippen LogP contribution in [-0.4, -0.2) is 60.1 Å². The van der Waals surface area contributed by atoms with Crippen LogP contribution in [0.15, 0.2) is 41.0 Å². The molecule has 0 aliphatic rings. The molecule has 2 rings (SSSR count). The maximum atomic E-state index is 13.0. The number of likely N-dealkylation sites (N-methyl/N-ethyl adjacent to an activating group) is 1. The molecule has 1 atom stereocenters. The summed E-state index contributed by atoms with van der Waals surface area (Å²) in [5.74, 6) is -3.51. The zero-order chi connectivity index (χ0) is 24.5. The van der Waals surface area contributed by atoms with Crippen molar-refractivity contribution in [2.75, 3.05) is 32.5 Å². The Morgan fingerprint density at radius 1 is 1.16 bits per heavy atom. The minimum Gasteiger partial charge on any atom is -0.473 e. The van der Waals surface area contributed by atoms with Gasteiger partial charge in [-0.05, 0) is 44.4 Å². The van der Waals surface area contributed by atoms with E-state index in [1.165, 1.54) is 6.07 Å². The number of furan rings is 1. The standard InChI is InChI=1S/C17H19ClF3N3O2.C2H2O4/c1-24(2)14(15-4-3-7-26-15)9-22-10-16(25)23-13-6-5-11(18)8-12(13)17(19,20)21;3-1(4)2(5)6/h3-8,14,22H,9-10H2,1-2H3,(H,23,25);(H,3,4)(H,5,6). The Morgan fingerprint density at radius 2 is 1.78 bits per heavy atom. The Balaban J connectivity index is 0.000000751. The maximum Gasteiger partial charge on any atom is 0.418 e. The van der Waals surface area contributed by atoms with Crippen LogP contribution in [0.2, 0.25) is 5.02 Å². The fourth-order valence-corrected chi connectivity index (χ4v) is 2.57. The molecule has 4 N–H and O–H groups in total. The van der Waals surface area contributed by atoms with Gasteiger partial charge in [0.1, 0.15) is 5.76 Å². The van der Waals surface area contributed by atoms with E-state index in [-0.39, 0.29) is 23.3 Å². The average molecular weight is 480 g/mol. The predicted octanol–water partition coefficient (Wildman–Crippen LogP) is 2.94. The summed E-state index contributed by atoms with van der Waals surface area (Å²) in [5.41, 5.74) is -1.32. The number of nitrogens with one attached hydrogen (secondary N) is 2. The van der Waals surface area contributed by atoms with Gasteiger partial charge in [-0.2, -0.15) is 13.2 Å². The van der Waals surface area contributed by atoms with Crippen LogP contribution in [0, 0.1) is 0 Å². The molecule has 13 heteroatoms. The number of benzene rings is 1. The molecule has 176 valence electrons. The summed E-state index contributed by atoms with van der Waals surface area (Å²) in [5, 5.41) is 19.9. The van der Waals surface area contributed by atoms with Gasteiger partial charge in [-0.3, -0.25) is 9.69 Å². The lowest BCUT2D eigenvalue weighted by atomic mass is 10.1. The second-order valence-electron chi connectivity index (χ2n) is 6.47. The molecule has 0 bridgehead atoms. The van der Waals surface area contributed by atoms with Gasteiger partial charge in [-0.25, -0.2) is 9.59 Å². The van der Waals surface area contributed by atoms with E-state index in [1.807, 2.05) is 25.1 Å². The number of rotatable bonds is 7. The molecule has 0 aliphatic heterocycles. The number of carboxylic acid groups (broad SMARTS) is 2. The highest BCUT2D eigenvalue weighted by Crippen LogP contribution is 2.36. The van der Waals surface area contributed by atoms with E-state index in [0.29, 0.717) is 6.54 Å². The Hall–Kier alpha value is -3.09. The van der Waals surface area contributed by atoms with Gasteiger partial charge in [0, 0.05) is 11.6 Å². The Morgan fingerprint density at radius 3 is 2.25 bits per heavy atom. The van der Waals surface area contributed by atoms with Crippen molar-refractivity contribution in [2.45, 2.75) is 12.2 Å². The second-order valence-corrected chi connectivity index (χ2v) is 6.91. The Kier molecular flexibility index (Phi) is 10.2. The minimum absolute atomic E-state index is 0.0549. The quantitative estimate of drug-likeness (QED) is 0.446. The molecule has 32 heavy (non-hydrogen) atoms. The van der Waals surface area contributed by atoms with Gasteiger partial charge < -0.3 is 25.3 Å². The summed E-state index contributed by atoms with van der Waals surface area (Å²) >= 11 is 5.62. The lowest BCUT2D eigenvalue weighted by molar-refractivity contribution is -0.159. The second kappa shape index (κ2) is 12.1. The third-order valence-corrected chi connectivity index (χ3v) is 4.10. The molecule has 0 saturated carbocycles. The summed E-state index contributed by atoms with van der Waals surface area (Å²) in [7, 11) is 3.72. The largest absolute Gasteiger partial charge is 0.473 e. The van der Waals surface area contributed by atoms with E-state index in [0.717, 1.165) is 17.9 Å². The summed E-state index contributed by atoms with van der Waals surface area (Å²) in [6.45, 7) is 0.242. The van der Waals surface area contributed by atoms with Crippen molar-refractivity contribution in [3.8, 4) is 0 Å². The summed E-state index contributed by atoms with van der Waals surface area (Å²) in [4.78, 5) is 32.1. The molecule has 2 aromatic rings. The van der Waals surface area contributed by atoms with E-state index >= 15 is 0 Å². The average Bonchev–Trinajstić information content (AvgIpc) is 3.20. The number of hydrogen-bond donors (Lipinski definition) is 4. The molecule has 0 radical (unpaired) electrons. The molecule has 1 aromatic heterocycles. The molecule has 1 unspecified atom stereocenters. The van der Waals surface area contributed by atoms with Gasteiger partial charge in [0.25, 0.3) is 0 Å². The Bertz CT molecular complexity index is 908. The number of carbonyl (C=O) groups is 3. The van der Waals surface area contributed by atoms with Crippen molar-refractivity contribution in [1.29, 1.82) is 0 Å². The van der Waals surface area contributed by atoms with Gasteiger partial charge in [0.15, 0.2) is 0 Å². The zero-order valence-corrected chi connectivity index (χ0v) is 17.7. The monoisotopic (exact) mass is 479 g/mol. The number of hydrogen-bond acceptors (Lipinski definition) is 6. The van der Waals surface area contributed by atoms with Gasteiger partial charge in [0.05, 0.1) is 30.1 Å². The number of nitrogens with zero attached hydrogens (tertiary/aromatic N) is 1. The van der Waals surface area contributed by atoms with Crippen LogP contribution < -0.4 is 10.6 Å². The molecule has 0 spiro atoms. The number of halogens is 4. The van der Waals surface area contributed by atoms with Crippen LogP contribution in [0.5, 0.6) is 0 Å². The third kappa shape index (κ3) is 8.96. The first kappa shape index (κ1) is 26.9. The van der Waals surface area contributed by atoms with E-state index in [2.05, 4.69) is 10.6 Å². The highest BCUT2D eigenvalue weighted by Gasteiger charge is 2.34. The van der Waals surface area contributed by atoms with Gasteiger partial charge >= 0.3 is 18.1 Å². The first-order chi connectivity index (χ1) is 14.8. The molecule has 1 heterocycles. The van der Waals surface area contributed by atoms with Crippen LogP contribution in [0.4, 0.5) is 18.9 Å². The highest BCUT2D eigenvalue weighted by molar-refractivity contribution is 6.30. The van der Waals surface area contributed by atoms with E-state index in [9.17, 15) is 18.0 Å². The fourth-order valence-electron chi connectivity index (χ4n) is 2.40. The van der Waals surface area contributed by atoms with Gasteiger partial charge in [0.2, 0.25) is 5.91 Å². The van der Waals surface area contributed by atoms with Crippen molar-refractivity contribution in [3.63, 3.8) is 0 Å². The van der Waals surface area contributed by atoms with Gasteiger partial charge in [-0.15, -0.1) is 0 Å². The first-order valence-corrected chi connectivity index (χ1v) is 9.24. The summed E-state index contributed by atoms with van der Waals surface area (Å²) in [6, 6.07) is 6.67. The van der Waals surface area contributed by atoms with Crippen molar-refractivity contribution in [2.24, 2.45) is 0 Å². The molecule has 1 amide bonds.